The molecule has 2 nitrogen and oxygen atoms in total. The number of rotatable bonds is 1. The van der Waals surface area contributed by atoms with Gasteiger partial charge in [0.2, 0.25) is 0 Å². The van der Waals surface area contributed by atoms with E-state index in [1.807, 2.05) is 13.8 Å². The average molecular weight is 251 g/mol. The fraction of sp³-hybridized carbons (Fsp3) is 1.00. The van der Waals surface area contributed by atoms with Crippen molar-refractivity contribution in [1.82, 2.24) is 4.90 Å². The van der Waals surface area contributed by atoms with Crippen molar-refractivity contribution in [2.24, 2.45) is 5.92 Å². The van der Waals surface area contributed by atoms with Crippen LogP contribution >= 0.6 is 0 Å². The van der Waals surface area contributed by atoms with Gasteiger partial charge in [0, 0.05) is 6.04 Å². The van der Waals surface area contributed by atoms with Crippen molar-refractivity contribution in [2.45, 2.75) is 65.0 Å². The molecule has 3 heteroatoms. The molecule has 1 aliphatic carbocycles. The number of hydrogen-bond donors (Lipinski definition) is 0. The van der Waals surface area contributed by atoms with Gasteiger partial charge in [0.05, 0.1) is 0 Å². The van der Waals surface area contributed by atoms with E-state index >= 15 is 0 Å². The predicted molar refractivity (Wildman–Crippen MR) is 62.7 cm³/mol. The predicted octanol–water partition coefficient (Wildman–Crippen LogP) is -0.970. The monoisotopic (exact) mass is 251 g/mol. The van der Waals surface area contributed by atoms with Crippen molar-refractivity contribution in [2.75, 3.05) is 13.1 Å². The molecule has 0 radical (unpaired) electrons. The van der Waals surface area contributed by atoms with Gasteiger partial charge in [-0.1, -0.05) is 33.6 Å². The van der Waals surface area contributed by atoms with Crippen LogP contribution in [0.3, 0.4) is 0 Å². The zero-order valence-electron chi connectivity index (χ0n) is 11.5. The summed E-state index contributed by atoms with van der Waals surface area (Å²) in [7, 11) is 0. The Morgan fingerprint density at radius 3 is 2.00 bits per heavy atom. The molecular weight excluding hydrogens is 225 g/mol. The Morgan fingerprint density at radius 1 is 1.00 bits per heavy atom. The quantitative estimate of drug-likeness (QED) is 0.561. The van der Waals surface area contributed by atoms with Crippen LogP contribution in [0.15, 0.2) is 0 Å². The van der Waals surface area contributed by atoms with Crippen molar-refractivity contribution in [3.8, 4) is 0 Å². The van der Waals surface area contributed by atoms with Gasteiger partial charge in [0.25, 0.3) is 0 Å². The molecule has 0 aromatic heterocycles. The van der Waals surface area contributed by atoms with Crippen molar-refractivity contribution >= 4 is 0 Å². The van der Waals surface area contributed by atoms with Crippen molar-refractivity contribution < 1.29 is 56.5 Å². The van der Waals surface area contributed by atoms with Gasteiger partial charge in [0.15, 0.2) is 0 Å². The Balaban J connectivity index is 0.000000711. The molecule has 0 spiro atoms. The first-order valence-corrected chi connectivity index (χ1v) is 6.65. The van der Waals surface area contributed by atoms with Gasteiger partial charge in [-0.25, -0.2) is 0 Å². The molecule has 2 aliphatic rings. The Hall–Kier alpha value is 1.56. The van der Waals surface area contributed by atoms with E-state index in [2.05, 4.69) is 11.8 Å². The molecule has 1 saturated heterocycles. The van der Waals surface area contributed by atoms with Crippen LogP contribution in [0.25, 0.3) is 0 Å². The second-order valence-corrected chi connectivity index (χ2v) is 4.81. The van der Waals surface area contributed by atoms with Crippen LogP contribution in [0.5, 0.6) is 0 Å². The third-order valence-corrected chi connectivity index (χ3v) is 3.69. The summed E-state index contributed by atoms with van der Waals surface area (Å²) < 4.78 is 0. The first-order chi connectivity index (χ1) is 7.25. The number of likely N-dealkylation sites (tertiary alicyclic amines) is 1. The zero-order valence-corrected chi connectivity index (χ0v) is 14.7. The van der Waals surface area contributed by atoms with Crippen LogP contribution in [0.4, 0.5) is 0 Å². The normalized spacial score (nSPS) is 31.5. The minimum Gasteiger partial charge on any atom is -0.852 e. The summed E-state index contributed by atoms with van der Waals surface area (Å²) in [5, 5.41) is 11.2. The van der Waals surface area contributed by atoms with Crippen molar-refractivity contribution in [3.05, 3.63) is 0 Å². The van der Waals surface area contributed by atoms with E-state index in [1.165, 1.54) is 25.9 Å². The van der Waals surface area contributed by atoms with Crippen LogP contribution in [0, 0.1) is 5.92 Å². The Labute approximate surface area is 144 Å². The second kappa shape index (κ2) is 9.48. The maximum atomic E-state index is 11.2. The zero-order chi connectivity index (χ0) is 11.3. The molecule has 1 saturated carbocycles. The van der Waals surface area contributed by atoms with Crippen LogP contribution < -0.4 is 56.5 Å². The topological polar surface area (TPSA) is 26.3 Å². The molecule has 1 aliphatic heterocycles. The smallest absolute Gasteiger partial charge is 0.852 e. The second-order valence-electron chi connectivity index (χ2n) is 4.81. The molecule has 0 bridgehead atoms. The molecule has 0 N–H and O–H groups in total. The van der Waals surface area contributed by atoms with E-state index in [4.69, 9.17) is 0 Å². The van der Waals surface area contributed by atoms with Crippen molar-refractivity contribution in [3.63, 3.8) is 0 Å². The maximum absolute atomic E-state index is 11.2. The first-order valence-electron chi connectivity index (χ1n) is 6.65. The Kier molecular flexibility index (Phi) is 10.4. The molecule has 90 valence electrons. The molecule has 0 aromatic rings. The van der Waals surface area contributed by atoms with Crippen molar-refractivity contribution in [1.29, 1.82) is 0 Å². The molecule has 2 fully saturated rings. The van der Waals surface area contributed by atoms with Crippen LogP contribution in [-0.2, 0) is 0 Å². The standard InChI is InChI=1S/C11H20NO.C2H6.K/c1-9-4-6-12(7-5-9)10-2-3-11(13)8-10;1-2;/h9-11H,2-8H2,1H3;1-2H3;/q-1;;+1. The molecule has 2 atom stereocenters. The largest absolute Gasteiger partial charge is 1.00 e. The summed E-state index contributed by atoms with van der Waals surface area (Å²) in [6.07, 6.45) is 5.39. The van der Waals surface area contributed by atoms with Crippen LogP contribution in [0.2, 0.25) is 0 Å². The molecule has 1 heterocycles. The molecule has 0 aromatic carbocycles. The van der Waals surface area contributed by atoms with Gasteiger partial charge in [-0.3, -0.25) is 0 Å². The number of hydrogen-bond acceptors (Lipinski definition) is 2. The van der Waals surface area contributed by atoms with E-state index < -0.39 is 0 Å². The molecular formula is C13H26KNO. The van der Waals surface area contributed by atoms with Gasteiger partial charge >= 0.3 is 51.4 Å². The Bertz CT molecular complexity index is 169. The molecule has 2 rings (SSSR count). The van der Waals surface area contributed by atoms with Gasteiger partial charge in [-0.05, 0) is 38.3 Å². The SMILES string of the molecule is CC.CC1CCN(C2CCC([O-])C2)CC1.[K+]. The van der Waals surface area contributed by atoms with E-state index in [1.54, 1.807) is 0 Å². The summed E-state index contributed by atoms with van der Waals surface area (Å²) in [6, 6.07) is 0.634. The minimum atomic E-state index is -0.260. The fourth-order valence-electron chi connectivity index (χ4n) is 2.64. The van der Waals surface area contributed by atoms with E-state index in [-0.39, 0.29) is 57.5 Å². The minimum absolute atomic E-state index is 0. The van der Waals surface area contributed by atoms with Crippen LogP contribution in [0.1, 0.15) is 52.9 Å². The molecule has 2 unspecified atom stereocenters. The third-order valence-electron chi connectivity index (χ3n) is 3.69. The fourth-order valence-corrected chi connectivity index (χ4v) is 2.64. The Morgan fingerprint density at radius 2 is 1.56 bits per heavy atom. The molecule has 16 heavy (non-hydrogen) atoms. The summed E-state index contributed by atoms with van der Waals surface area (Å²) in [6.45, 7) is 8.81. The number of piperidine rings is 1. The average Bonchev–Trinajstić information content (AvgIpc) is 2.69. The summed E-state index contributed by atoms with van der Waals surface area (Å²) in [4.78, 5) is 2.55. The third kappa shape index (κ3) is 5.47. The number of nitrogens with zero attached hydrogens (tertiary/aromatic N) is 1. The first kappa shape index (κ1) is 17.6. The van der Waals surface area contributed by atoms with E-state index in [9.17, 15) is 5.11 Å². The van der Waals surface area contributed by atoms with Gasteiger partial charge in [0.1, 0.15) is 0 Å². The van der Waals surface area contributed by atoms with Gasteiger partial charge in [-0.15, -0.1) is 6.10 Å². The summed E-state index contributed by atoms with van der Waals surface area (Å²) in [5.74, 6) is 0.903. The van der Waals surface area contributed by atoms with E-state index in [0.717, 1.165) is 25.2 Å². The summed E-state index contributed by atoms with van der Waals surface area (Å²) >= 11 is 0. The van der Waals surface area contributed by atoms with Gasteiger partial charge in [-0.2, -0.15) is 0 Å². The summed E-state index contributed by atoms with van der Waals surface area (Å²) in [5.41, 5.74) is 0. The maximum Gasteiger partial charge on any atom is 1.00 e. The van der Waals surface area contributed by atoms with Gasteiger partial charge < -0.3 is 10.0 Å². The van der Waals surface area contributed by atoms with E-state index in [0.29, 0.717) is 6.04 Å². The van der Waals surface area contributed by atoms with Crippen LogP contribution in [-0.4, -0.2) is 30.1 Å². The molecule has 0 amide bonds.